The molecule has 13 aromatic rings. The first kappa shape index (κ1) is 36.1. The summed E-state index contributed by atoms with van der Waals surface area (Å²) in [6, 6.07) is 79.7. The highest BCUT2D eigenvalue weighted by Gasteiger charge is 2.20. The van der Waals surface area contributed by atoms with Crippen molar-refractivity contribution in [2.45, 2.75) is 0 Å². The van der Waals surface area contributed by atoms with E-state index in [1.807, 2.05) is 22.7 Å². The van der Waals surface area contributed by atoms with Gasteiger partial charge in [0.05, 0.1) is 16.7 Å². The van der Waals surface area contributed by atoms with Crippen molar-refractivity contribution >= 4 is 84.8 Å². The Kier molecular flexibility index (Phi) is 8.30. The van der Waals surface area contributed by atoms with Gasteiger partial charge in [-0.05, 0) is 99.1 Å². The Hall–Kier alpha value is -7.63. The molecule has 0 amide bonds. The predicted octanol–water partition coefficient (Wildman–Crippen LogP) is 17.2. The van der Waals surface area contributed by atoms with Crippen LogP contribution in [0.1, 0.15) is 0 Å². The minimum Gasteiger partial charge on any atom is -0.294 e. The average molecular weight is 837 g/mol. The Morgan fingerprint density at radius 2 is 0.778 bits per heavy atom. The van der Waals surface area contributed by atoms with Crippen molar-refractivity contribution in [2.24, 2.45) is 0 Å². The fraction of sp³-hybridized carbons (Fsp3) is 0. The lowest BCUT2D eigenvalue weighted by Crippen LogP contribution is -2.00. The third-order valence-corrected chi connectivity index (χ3v) is 15.0. The van der Waals surface area contributed by atoms with Crippen molar-refractivity contribution in [1.29, 1.82) is 0 Å². The summed E-state index contributed by atoms with van der Waals surface area (Å²) in [5.41, 5.74) is 13.8. The van der Waals surface area contributed by atoms with Gasteiger partial charge in [0.25, 0.3) is 0 Å². The highest BCUT2D eigenvalue weighted by atomic mass is 32.1. The van der Waals surface area contributed by atoms with Crippen molar-refractivity contribution in [2.75, 3.05) is 0 Å². The van der Waals surface area contributed by atoms with Crippen LogP contribution >= 0.6 is 22.7 Å². The van der Waals surface area contributed by atoms with Crippen molar-refractivity contribution < 1.29 is 0 Å². The van der Waals surface area contributed by atoms with Crippen molar-refractivity contribution in [1.82, 2.24) is 9.55 Å². The summed E-state index contributed by atoms with van der Waals surface area (Å²) in [5.74, 6) is 0.884. The molecule has 0 bridgehead atoms. The topological polar surface area (TPSA) is 17.8 Å². The summed E-state index contributed by atoms with van der Waals surface area (Å²) in [7, 11) is 0. The first-order valence-corrected chi connectivity index (χ1v) is 23.0. The van der Waals surface area contributed by atoms with E-state index in [4.69, 9.17) is 4.98 Å². The molecule has 0 radical (unpaired) electrons. The number of rotatable bonds is 6. The standard InChI is InChI=1S/C59H36N2S2/c1-3-14-37(15-4-1)39-18-11-19-40(32-39)43-35-52(38-16-5-2-6-17-38)60-57(36-43)61-53-30-28-41(44-22-12-24-48-46-20-7-9-26-55(46)62-58(44)48)33-50(53)51-34-42(29-31-54(51)61)45-23-13-25-49-47-21-8-10-27-56(47)63-59(45)49/h1-36H. The molecule has 0 N–H and O–H groups in total. The molecular formula is C59H36N2S2. The molecule has 0 saturated heterocycles. The number of hydrogen-bond donors (Lipinski definition) is 0. The molecule has 4 aromatic heterocycles. The maximum absolute atomic E-state index is 5.51. The van der Waals surface area contributed by atoms with Gasteiger partial charge in [-0.15, -0.1) is 22.7 Å². The van der Waals surface area contributed by atoms with Crippen LogP contribution in [0.15, 0.2) is 218 Å². The number of hydrogen-bond acceptors (Lipinski definition) is 3. The SMILES string of the molecule is c1ccc(-c2cccc(-c3cc(-c4ccccc4)nc(-n4c5ccc(-c6cccc7c6sc6ccccc67)cc5c5cc(-c6cccc7c6sc6ccccc67)ccc54)c3)c2)cc1. The van der Waals surface area contributed by atoms with Crippen LogP contribution in [-0.2, 0) is 0 Å². The molecule has 9 aromatic carbocycles. The van der Waals surface area contributed by atoms with Gasteiger partial charge in [-0.2, -0.15) is 0 Å². The Labute approximate surface area is 372 Å². The summed E-state index contributed by atoms with van der Waals surface area (Å²) < 4.78 is 7.64. The normalized spacial score (nSPS) is 11.8. The van der Waals surface area contributed by atoms with Crippen molar-refractivity contribution in [3.05, 3.63) is 218 Å². The summed E-state index contributed by atoms with van der Waals surface area (Å²) in [5, 5.41) is 7.63. The number of benzene rings is 9. The van der Waals surface area contributed by atoms with Gasteiger partial charge in [0.2, 0.25) is 0 Å². The van der Waals surface area contributed by atoms with E-state index in [0.29, 0.717) is 0 Å². The highest BCUT2D eigenvalue weighted by Crippen LogP contribution is 2.45. The largest absolute Gasteiger partial charge is 0.294 e. The third kappa shape index (κ3) is 5.95. The molecule has 4 heterocycles. The van der Waals surface area contributed by atoms with E-state index >= 15 is 0 Å². The zero-order valence-corrected chi connectivity index (χ0v) is 35.6. The Bertz CT molecular complexity index is 3740. The van der Waals surface area contributed by atoms with E-state index in [-0.39, 0.29) is 0 Å². The van der Waals surface area contributed by atoms with Crippen LogP contribution in [0.3, 0.4) is 0 Å². The molecular weight excluding hydrogens is 801 g/mol. The van der Waals surface area contributed by atoms with Gasteiger partial charge >= 0.3 is 0 Å². The smallest absolute Gasteiger partial charge is 0.138 e. The summed E-state index contributed by atoms with van der Waals surface area (Å²) in [6.07, 6.45) is 0. The number of aromatic nitrogens is 2. The second kappa shape index (κ2) is 14.5. The van der Waals surface area contributed by atoms with Crippen LogP contribution in [0, 0.1) is 0 Å². The van der Waals surface area contributed by atoms with E-state index in [9.17, 15) is 0 Å². The first-order valence-electron chi connectivity index (χ1n) is 21.4. The molecule has 0 unspecified atom stereocenters. The molecule has 0 aliphatic rings. The zero-order chi connectivity index (χ0) is 41.4. The number of thiophene rings is 2. The maximum atomic E-state index is 5.51. The van der Waals surface area contributed by atoms with Gasteiger partial charge < -0.3 is 0 Å². The van der Waals surface area contributed by atoms with Gasteiger partial charge in [0, 0.05) is 56.7 Å². The van der Waals surface area contributed by atoms with Crippen molar-refractivity contribution in [3.63, 3.8) is 0 Å². The van der Waals surface area contributed by atoms with E-state index in [1.54, 1.807) is 0 Å². The van der Waals surface area contributed by atoms with Crippen LogP contribution in [0.4, 0.5) is 0 Å². The fourth-order valence-corrected chi connectivity index (χ4v) is 12.1. The van der Waals surface area contributed by atoms with Crippen LogP contribution < -0.4 is 0 Å². The number of nitrogens with zero attached hydrogens (tertiary/aromatic N) is 2. The number of fused-ring (bicyclic) bond motifs is 9. The molecule has 63 heavy (non-hydrogen) atoms. The third-order valence-electron chi connectivity index (χ3n) is 12.6. The van der Waals surface area contributed by atoms with E-state index < -0.39 is 0 Å². The molecule has 0 aliphatic heterocycles. The van der Waals surface area contributed by atoms with Gasteiger partial charge in [-0.25, -0.2) is 4.98 Å². The second-order valence-corrected chi connectivity index (χ2v) is 18.4. The summed E-state index contributed by atoms with van der Waals surface area (Å²) >= 11 is 3.76. The maximum Gasteiger partial charge on any atom is 0.138 e. The number of pyridine rings is 1. The van der Waals surface area contributed by atoms with E-state index in [2.05, 4.69) is 223 Å². The zero-order valence-electron chi connectivity index (χ0n) is 34.0. The minimum atomic E-state index is 0.884. The van der Waals surface area contributed by atoms with Crippen LogP contribution in [0.2, 0.25) is 0 Å². The predicted molar refractivity (Wildman–Crippen MR) is 272 cm³/mol. The van der Waals surface area contributed by atoms with E-state index in [0.717, 1.165) is 39.2 Å². The molecule has 0 fully saturated rings. The average Bonchev–Trinajstić information content (AvgIpc) is 4.04. The Morgan fingerprint density at radius 1 is 0.302 bits per heavy atom. The molecule has 4 heteroatoms. The van der Waals surface area contributed by atoms with Gasteiger partial charge in [-0.3, -0.25) is 4.57 Å². The monoisotopic (exact) mass is 836 g/mol. The second-order valence-electron chi connectivity index (χ2n) is 16.3. The molecule has 0 saturated carbocycles. The van der Waals surface area contributed by atoms with Crippen molar-refractivity contribution in [3.8, 4) is 61.6 Å². The quantitative estimate of drug-likeness (QED) is 0.163. The lowest BCUT2D eigenvalue weighted by Gasteiger charge is -2.14. The van der Waals surface area contributed by atoms with Crippen LogP contribution in [-0.4, -0.2) is 9.55 Å². The summed E-state index contributed by atoms with van der Waals surface area (Å²) in [4.78, 5) is 5.51. The summed E-state index contributed by atoms with van der Waals surface area (Å²) in [6.45, 7) is 0. The minimum absolute atomic E-state index is 0.884. The molecule has 13 rings (SSSR count). The molecule has 0 spiro atoms. The Morgan fingerprint density at radius 3 is 1.37 bits per heavy atom. The van der Waals surface area contributed by atoms with Crippen LogP contribution in [0.5, 0.6) is 0 Å². The fourth-order valence-electron chi connectivity index (χ4n) is 9.62. The lowest BCUT2D eigenvalue weighted by atomic mass is 9.98. The molecule has 0 atom stereocenters. The van der Waals surface area contributed by atoms with E-state index in [1.165, 1.54) is 84.5 Å². The van der Waals surface area contributed by atoms with Crippen LogP contribution in [0.25, 0.3) is 124 Å². The lowest BCUT2D eigenvalue weighted by molar-refractivity contribution is 1.08. The molecule has 294 valence electrons. The highest BCUT2D eigenvalue weighted by molar-refractivity contribution is 7.26. The Balaban J connectivity index is 1.07. The molecule has 2 nitrogen and oxygen atoms in total. The van der Waals surface area contributed by atoms with Gasteiger partial charge in [0.1, 0.15) is 5.82 Å². The first-order chi connectivity index (χ1) is 31.2. The van der Waals surface area contributed by atoms with Gasteiger partial charge in [0.15, 0.2) is 0 Å². The van der Waals surface area contributed by atoms with Gasteiger partial charge in [-0.1, -0.05) is 164 Å². The molecule has 0 aliphatic carbocycles.